The van der Waals surface area contributed by atoms with Gasteiger partial charge in [-0.2, -0.15) is 0 Å². The summed E-state index contributed by atoms with van der Waals surface area (Å²) in [6, 6.07) is 6.48. The fourth-order valence-electron chi connectivity index (χ4n) is 2.93. The Morgan fingerprint density at radius 2 is 1.74 bits per heavy atom. The van der Waals surface area contributed by atoms with Crippen molar-refractivity contribution in [3.8, 4) is 0 Å². The van der Waals surface area contributed by atoms with E-state index in [-0.39, 0.29) is 24.5 Å². The van der Waals surface area contributed by atoms with E-state index in [0.717, 1.165) is 12.8 Å². The molecule has 0 atom stereocenters. The zero-order valence-corrected chi connectivity index (χ0v) is 13.2. The predicted octanol–water partition coefficient (Wildman–Crippen LogP) is 3.04. The zero-order chi connectivity index (χ0) is 16.7. The fourth-order valence-corrected chi connectivity index (χ4v) is 2.93. The van der Waals surface area contributed by atoms with Gasteiger partial charge >= 0.3 is 5.97 Å². The van der Waals surface area contributed by atoms with Gasteiger partial charge in [-0.05, 0) is 30.9 Å². The zero-order valence-electron chi connectivity index (χ0n) is 13.2. The van der Waals surface area contributed by atoms with Gasteiger partial charge in [-0.25, -0.2) is 0 Å². The normalized spacial score (nSPS) is 15.1. The molecule has 0 bridgehead atoms. The third kappa shape index (κ3) is 5.51. The number of benzene rings is 1. The quantitative estimate of drug-likeness (QED) is 0.757. The molecule has 0 heterocycles. The molecule has 1 aromatic rings. The van der Waals surface area contributed by atoms with Gasteiger partial charge in [0.15, 0.2) is 5.78 Å². The smallest absolute Gasteiger partial charge is 0.303 e. The molecular weight excluding hydrogens is 294 g/mol. The number of ketones is 1. The molecule has 0 radical (unpaired) electrons. The second kappa shape index (κ2) is 8.46. The first-order chi connectivity index (χ1) is 11.1. The second-order valence-corrected chi connectivity index (χ2v) is 6.11. The Bertz CT molecular complexity index is 576. The minimum atomic E-state index is -1.00. The van der Waals surface area contributed by atoms with Crippen molar-refractivity contribution in [1.29, 1.82) is 0 Å². The van der Waals surface area contributed by atoms with Crippen molar-refractivity contribution in [3.05, 3.63) is 35.4 Å². The van der Waals surface area contributed by atoms with Gasteiger partial charge in [0.05, 0.1) is 6.42 Å². The maximum Gasteiger partial charge on any atom is 0.303 e. The first-order valence-electron chi connectivity index (χ1n) is 8.19. The van der Waals surface area contributed by atoms with Crippen LogP contribution in [0.2, 0.25) is 0 Å². The predicted molar refractivity (Wildman–Crippen MR) is 86.6 cm³/mol. The van der Waals surface area contributed by atoms with Gasteiger partial charge in [0.25, 0.3) is 5.91 Å². The number of hydrogen-bond donors (Lipinski definition) is 2. The third-order valence-electron chi connectivity index (χ3n) is 4.29. The van der Waals surface area contributed by atoms with Gasteiger partial charge in [-0.15, -0.1) is 0 Å². The highest BCUT2D eigenvalue weighted by Gasteiger charge is 2.16. The molecule has 0 aromatic heterocycles. The molecule has 0 unspecified atom stereocenters. The van der Waals surface area contributed by atoms with Gasteiger partial charge in [-0.1, -0.05) is 31.4 Å². The molecule has 5 nitrogen and oxygen atoms in total. The highest BCUT2D eigenvalue weighted by molar-refractivity contribution is 6.01. The van der Waals surface area contributed by atoms with Crippen molar-refractivity contribution in [2.45, 2.75) is 44.9 Å². The van der Waals surface area contributed by atoms with Crippen LogP contribution in [0.25, 0.3) is 0 Å². The summed E-state index contributed by atoms with van der Waals surface area (Å²) < 4.78 is 0. The van der Waals surface area contributed by atoms with E-state index in [9.17, 15) is 14.4 Å². The lowest BCUT2D eigenvalue weighted by Gasteiger charge is -2.21. The Labute approximate surface area is 136 Å². The number of carboxylic acid groups (broad SMARTS) is 1. The average Bonchev–Trinajstić information content (AvgIpc) is 2.58. The number of hydrogen-bond acceptors (Lipinski definition) is 3. The molecule has 1 aliphatic rings. The summed E-state index contributed by atoms with van der Waals surface area (Å²) in [6.07, 6.45) is 5.81. The SMILES string of the molecule is O=C(O)CCC(=O)c1cccc(C(=O)NCC2CCCCC2)c1. The third-order valence-corrected chi connectivity index (χ3v) is 4.29. The van der Waals surface area contributed by atoms with Crippen LogP contribution in [0.15, 0.2) is 24.3 Å². The van der Waals surface area contributed by atoms with Crippen LogP contribution in [0.5, 0.6) is 0 Å². The van der Waals surface area contributed by atoms with Gasteiger partial charge in [0.1, 0.15) is 0 Å². The van der Waals surface area contributed by atoms with Crippen molar-refractivity contribution < 1.29 is 19.5 Å². The summed E-state index contributed by atoms with van der Waals surface area (Å²) in [6.45, 7) is 0.677. The first-order valence-corrected chi connectivity index (χ1v) is 8.19. The van der Waals surface area contributed by atoms with E-state index in [0.29, 0.717) is 23.6 Å². The van der Waals surface area contributed by atoms with Crippen LogP contribution < -0.4 is 5.32 Å². The average molecular weight is 317 g/mol. The molecule has 124 valence electrons. The minimum absolute atomic E-state index is 0.0531. The number of amides is 1. The number of carbonyl (C=O) groups is 3. The second-order valence-electron chi connectivity index (χ2n) is 6.11. The van der Waals surface area contributed by atoms with Crippen molar-refractivity contribution in [2.75, 3.05) is 6.54 Å². The van der Waals surface area contributed by atoms with E-state index in [1.54, 1.807) is 24.3 Å². The summed E-state index contributed by atoms with van der Waals surface area (Å²) in [7, 11) is 0. The minimum Gasteiger partial charge on any atom is -0.481 e. The molecule has 23 heavy (non-hydrogen) atoms. The highest BCUT2D eigenvalue weighted by atomic mass is 16.4. The first kappa shape index (κ1) is 17.2. The van der Waals surface area contributed by atoms with Gasteiger partial charge < -0.3 is 10.4 Å². The Kier molecular flexibility index (Phi) is 6.32. The molecule has 2 rings (SSSR count). The van der Waals surface area contributed by atoms with Crippen molar-refractivity contribution in [3.63, 3.8) is 0 Å². The topological polar surface area (TPSA) is 83.5 Å². The summed E-state index contributed by atoms with van der Waals surface area (Å²) in [4.78, 5) is 34.7. The van der Waals surface area contributed by atoms with Gasteiger partial charge in [0, 0.05) is 24.1 Å². The lowest BCUT2D eigenvalue weighted by atomic mass is 9.89. The number of nitrogens with one attached hydrogen (secondary N) is 1. The van der Waals surface area contributed by atoms with Gasteiger partial charge in [-0.3, -0.25) is 14.4 Å². The number of carboxylic acids is 1. The highest BCUT2D eigenvalue weighted by Crippen LogP contribution is 2.22. The van der Waals surface area contributed by atoms with Crippen LogP contribution in [0, 0.1) is 5.92 Å². The van der Waals surface area contributed by atoms with Crippen molar-refractivity contribution >= 4 is 17.7 Å². The maximum absolute atomic E-state index is 12.2. The summed E-state index contributed by atoms with van der Waals surface area (Å²) in [5, 5.41) is 11.6. The standard InChI is InChI=1S/C18H23NO4/c20-16(9-10-17(21)22)14-7-4-8-15(11-14)18(23)19-12-13-5-2-1-3-6-13/h4,7-8,11,13H,1-3,5-6,9-10,12H2,(H,19,23)(H,21,22). The van der Waals surface area contributed by atoms with Crippen molar-refractivity contribution in [1.82, 2.24) is 5.32 Å². The van der Waals surface area contributed by atoms with Gasteiger partial charge in [0.2, 0.25) is 0 Å². The van der Waals surface area contributed by atoms with E-state index in [1.807, 2.05) is 0 Å². The van der Waals surface area contributed by atoms with Crippen LogP contribution >= 0.6 is 0 Å². The Balaban J connectivity index is 1.91. The van der Waals surface area contributed by atoms with Crippen LogP contribution in [-0.2, 0) is 4.79 Å². The molecule has 1 aliphatic carbocycles. The molecule has 1 saturated carbocycles. The van der Waals surface area contributed by atoms with E-state index in [2.05, 4.69) is 5.32 Å². The molecule has 5 heteroatoms. The summed E-state index contributed by atoms with van der Waals surface area (Å²) in [5.41, 5.74) is 0.832. The monoisotopic (exact) mass is 317 g/mol. The number of aliphatic carboxylic acids is 1. The van der Waals surface area contributed by atoms with E-state index < -0.39 is 5.97 Å². The summed E-state index contributed by atoms with van der Waals surface area (Å²) in [5.74, 6) is -0.884. The maximum atomic E-state index is 12.2. The molecule has 2 N–H and O–H groups in total. The Morgan fingerprint density at radius 1 is 1.04 bits per heavy atom. The largest absolute Gasteiger partial charge is 0.481 e. The lowest BCUT2D eigenvalue weighted by Crippen LogP contribution is -2.30. The molecule has 0 saturated heterocycles. The Hall–Kier alpha value is -2.17. The number of Topliss-reactive ketones (excluding diaryl/α,β-unsaturated/α-hetero) is 1. The number of rotatable bonds is 7. The number of carbonyl (C=O) groups excluding carboxylic acids is 2. The molecule has 1 amide bonds. The molecule has 0 spiro atoms. The van der Waals surface area contributed by atoms with Crippen LogP contribution in [0.4, 0.5) is 0 Å². The van der Waals surface area contributed by atoms with E-state index >= 15 is 0 Å². The molecule has 1 fully saturated rings. The fraction of sp³-hybridized carbons (Fsp3) is 0.500. The summed E-state index contributed by atoms with van der Waals surface area (Å²) >= 11 is 0. The van der Waals surface area contributed by atoms with Crippen LogP contribution in [0.1, 0.15) is 65.7 Å². The Morgan fingerprint density at radius 3 is 2.43 bits per heavy atom. The van der Waals surface area contributed by atoms with Crippen LogP contribution in [-0.4, -0.2) is 29.3 Å². The molecule has 1 aromatic carbocycles. The van der Waals surface area contributed by atoms with E-state index in [4.69, 9.17) is 5.11 Å². The molecule has 0 aliphatic heterocycles. The molecular formula is C18H23NO4. The van der Waals surface area contributed by atoms with E-state index in [1.165, 1.54) is 19.3 Å². The van der Waals surface area contributed by atoms with Crippen LogP contribution in [0.3, 0.4) is 0 Å². The van der Waals surface area contributed by atoms with Crippen molar-refractivity contribution in [2.24, 2.45) is 5.92 Å². The lowest BCUT2D eigenvalue weighted by molar-refractivity contribution is -0.136.